The zero-order chi connectivity index (χ0) is 9.54. The third-order valence-corrected chi connectivity index (χ3v) is 2.82. The Hall–Kier alpha value is -1.32. The second-order valence-corrected chi connectivity index (χ2v) is 3.78. The lowest BCUT2D eigenvalue weighted by Gasteiger charge is -2.31. The van der Waals surface area contributed by atoms with Crippen molar-refractivity contribution in [2.45, 2.75) is 18.6 Å². The summed E-state index contributed by atoms with van der Waals surface area (Å²) in [5.74, 6) is 1.57. The second-order valence-electron chi connectivity index (χ2n) is 3.78. The van der Waals surface area contributed by atoms with Crippen LogP contribution in [0.15, 0.2) is 18.3 Å². The van der Waals surface area contributed by atoms with Gasteiger partial charge in [0.05, 0.1) is 12.6 Å². The summed E-state index contributed by atoms with van der Waals surface area (Å²) in [7, 11) is 0. The summed E-state index contributed by atoms with van der Waals surface area (Å²) in [6, 6.07) is 3.89. The molecule has 0 bridgehead atoms. The number of fused-ring (bicyclic) bond motifs is 3. The van der Waals surface area contributed by atoms with Crippen LogP contribution in [-0.4, -0.2) is 30.3 Å². The van der Waals surface area contributed by atoms with Gasteiger partial charge >= 0.3 is 0 Å². The predicted molar refractivity (Wildman–Crippen MR) is 50.4 cm³/mol. The van der Waals surface area contributed by atoms with Crippen molar-refractivity contribution < 1.29 is 9.13 Å². The first-order chi connectivity index (χ1) is 6.84. The molecule has 0 aliphatic carbocycles. The first-order valence-electron chi connectivity index (χ1n) is 4.83. The first kappa shape index (κ1) is 8.03. The Kier molecular flexibility index (Phi) is 1.63. The molecule has 0 saturated carbocycles. The SMILES string of the molecule is F[C@@H]1C[C@H]2COc3cccnc3N2C1. The molecule has 2 aliphatic heterocycles. The van der Waals surface area contributed by atoms with E-state index in [0.717, 1.165) is 11.6 Å². The van der Waals surface area contributed by atoms with Gasteiger partial charge < -0.3 is 9.64 Å². The van der Waals surface area contributed by atoms with Gasteiger partial charge in [0, 0.05) is 12.6 Å². The van der Waals surface area contributed by atoms with E-state index in [1.54, 1.807) is 6.20 Å². The number of aromatic nitrogens is 1. The van der Waals surface area contributed by atoms with E-state index in [0.29, 0.717) is 19.6 Å². The topological polar surface area (TPSA) is 25.4 Å². The van der Waals surface area contributed by atoms with Crippen LogP contribution in [0.1, 0.15) is 6.42 Å². The molecule has 2 aliphatic rings. The Morgan fingerprint density at radius 1 is 1.57 bits per heavy atom. The van der Waals surface area contributed by atoms with Gasteiger partial charge in [-0.15, -0.1) is 0 Å². The first-order valence-corrected chi connectivity index (χ1v) is 4.83. The average molecular weight is 194 g/mol. The highest BCUT2D eigenvalue weighted by Gasteiger charge is 2.37. The van der Waals surface area contributed by atoms with Gasteiger partial charge in [0.1, 0.15) is 12.8 Å². The zero-order valence-electron chi connectivity index (χ0n) is 7.69. The summed E-state index contributed by atoms with van der Waals surface area (Å²) < 4.78 is 18.7. The molecule has 0 aromatic carbocycles. The van der Waals surface area contributed by atoms with Crippen molar-refractivity contribution in [2.75, 3.05) is 18.1 Å². The minimum absolute atomic E-state index is 0.174. The third kappa shape index (κ3) is 1.06. The highest BCUT2D eigenvalue weighted by Crippen LogP contribution is 2.36. The molecule has 0 spiro atoms. The number of alkyl halides is 1. The van der Waals surface area contributed by atoms with Crippen LogP contribution in [0.2, 0.25) is 0 Å². The second kappa shape index (κ2) is 2.83. The van der Waals surface area contributed by atoms with E-state index >= 15 is 0 Å². The monoisotopic (exact) mass is 194 g/mol. The van der Waals surface area contributed by atoms with E-state index in [4.69, 9.17) is 4.74 Å². The third-order valence-electron chi connectivity index (χ3n) is 2.82. The van der Waals surface area contributed by atoms with Crippen molar-refractivity contribution in [1.29, 1.82) is 0 Å². The summed E-state index contributed by atoms with van der Waals surface area (Å²) in [6.07, 6.45) is 1.54. The largest absolute Gasteiger partial charge is 0.488 e. The number of halogens is 1. The Labute approximate surface area is 81.5 Å². The highest BCUT2D eigenvalue weighted by atomic mass is 19.1. The van der Waals surface area contributed by atoms with Gasteiger partial charge in [-0.2, -0.15) is 0 Å². The maximum Gasteiger partial charge on any atom is 0.171 e. The van der Waals surface area contributed by atoms with E-state index in [2.05, 4.69) is 4.98 Å². The summed E-state index contributed by atoms with van der Waals surface area (Å²) in [5, 5.41) is 0. The van der Waals surface area contributed by atoms with Gasteiger partial charge in [-0.3, -0.25) is 0 Å². The van der Waals surface area contributed by atoms with Crippen molar-refractivity contribution in [3.05, 3.63) is 18.3 Å². The number of hydrogen-bond acceptors (Lipinski definition) is 3. The molecule has 0 N–H and O–H groups in total. The molecular formula is C10H11FN2O. The Morgan fingerprint density at radius 3 is 3.43 bits per heavy atom. The molecule has 3 nitrogen and oxygen atoms in total. The van der Waals surface area contributed by atoms with E-state index in [9.17, 15) is 4.39 Å². The molecular weight excluding hydrogens is 183 g/mol. The summed E-state index contributed by atoms with van der Waals surface area (Å²) in [4.78, 5) is 6.25. The lowest BCUT2D eigenvalue weighted by atomic mass is 10.2. The van der Waals surface area contributed by atoms with E-state index < -0.39 is 6.17 Å². The summed E-state index contributed by atoms with van der Waals surface area (Å²) >= 11 is 0. The number of nitrogens with zero attached hydrogens (tertiary/aromatic N) is 2. The number of anilines is 1. The quantitative estimate of drug-likeness (QED) is 0.624. The van der Waals surface area contributed by atoms with Crippen LogP contribution in [0.3, 0.4) is 0 Å². The van der Waals surface area contributed by atoms with Crippen LogP contribution in [0.5, 0.6) is 5.75 Å². The maximum absolute atomic E-state index is 13.2. The Morgan fingerprint density at radius 2 is 2.50 bits per heavy atom. The normalized spacial score (nSPS) is 29.4. The van der Waals surface area contributed by atoms with E-state index in [-0.39, 0.29) is 6.04 Å². The number of ether oxygens (including phenoxy) is 1. The average Bonchev–Trinajstić information content (AvgIpc) is 2.59. The lowest BCUT2D eigenvalue weighted by Crippen LogP contribution is -2.38. The zero-order valence-corrected chi connectivity index (χ0v) is 7.69. The number of rotatable bonds is 0. The van der Waals surface area contributed by atoms with Crippen molar-refractivity contribution in [1.82, 2.24) is 4.98 Å². The summed E-state index contributed by atoms with van der Waals surface area (Å²) in [6.45, 7) is 1.04. The molecule has 1 saturated heterocycles. The highest BCUT2D eigenvalue weighted by molar-refractivity contribution is 5.55. The van der Waals surface area contributed by atoms with E-state index in [1.807, 2.05) is 17.0 Å². The lowest BCUT2D eigenvalue weighted by molar-refractivity contribution is 0.261. The van der Waals surface area contributed by atoms with Crippen molar-refractivity contribution in [2.24, 2.45) is 0 Å². The molecule has 3 rings (SSSR count). The molecule has 3 heterocycles. The van der Waals surface area contributed by atoms with Gasteiger partial charge in [0.25, 0.3) is 0 Å². The van der Waals surface area contributed by atoms with Crippen molar-refractivity contribution >= 4 is 5.82 Å². The fraction of sp³-hybridized carbons (Fsp3) is 0.500. The molecule has 1 aromatic rings. The van der Waals surface area contributed by atoms with Gasteiger partial charge in [-0.25, -0.2) is 9.37 Å². The number of hydrogen-bond donors (Lipinski definition) is 0. The molecule has 74 valence electrons. The standard InChI is InChI=1S/C10H11FN2O/c11-7-4-8-6-14-9-2-1-3-12-10(9)13(8)5-7/h1-3,7-8H,4-6H2/t7-,8+/m1/s1. The van der Waals surface area contributed by atoms with Gasteiger partial charge in [-0.05, 0) is 12.1 Å². The van der Waals surface area contributed by atoms with Gasteiger partial charge in [-0.1, -0.05) is 0 Å². The van der Waals surface area contributed by atoms with Gasteiger partial charge in [0.2, 0.25) is 0 Å². The molecule has 1 aromatic heterocycles. The van der Waals surface area contributed by atoms with E-state index in [1.165, 1.54) is 0 Å². The molecule has 0 radical (unpaired) electrons. The molecule has 2 atom stereocenters. The van der Waals surface area contributed by atoms with Crippen LogP contribution < -0.4 is 9.64 Å². The molecule has 0 amide bonds. The molecule has 0 unspecified atom stereocenters. The smallest absolute Gasteiger partial charge is 0.171 e. The molecule has 14 heavy (non-hydrogen) atoms. The Balaban J connectivity index is 2.01. The minimum atomic E-state index is -0.739. The van der Waals surface area contributed by atoms with Crippen LogP contribution in [0.4, 0.5) is 10.2 Å². The maximum atomic E-state index is 13.2. The Bertz CT molecular complexity index is 358. The molecule has 4 heteroatoms. The molecule has 1 fully saturated rings. The van der Waals surface area contributed by atoms with Crippen LogP contribution in [0, 0.1) is 0 Å². The fourth-order valence-electron chi connectivity index (χ4n) is 2.17. The fourth-order valence-corrected chi connectivity index (χ4v) is 2.17. The van der Waals surface area contributed by atoms with Crippen LogP contribution >= 0.6 is 0 Å². The van der Waals surface area contributed by atoms with Crippen molar-refractivity contribution in [3.8, 4) is 5.75 Å². The van der Waals surface area contributed by atoms with Gasteiger partial charge in [0.15, 0.2) is 11.6 Å². The van der Waals surface area contributed by atoms with Crippen LogP contribution in [0.25, 0.3) is 0 Å². The minimum Gasteiger partial charge on any atom is -0.488 e. The van der Waals surface area contributed by atoms with Crippen molar-refractivity contribution in [3.63, 3.8) is 0 Å². The number of pyridine rings is 1. The predicted octanol–water partition coefficient (Wildman–Crippen LogP) is 1.39. The van der Waals surface area contributed by atoms with Crippen LogP contribution in [-0.2, 0) is 0 Å². The summed E-state index contributed by atoms with van der Waals surface area (Å²) in [5.41, 5.74) is 0.